The highest BCUT2D eigenvalue weighted by Gasteiger charge is 2.26. The largest absolute Gasteiger partial charge is 0.444 e. The van der Waals surface area contributed by atoms with Gasteiger partial charge in [0.2, 0.25) is 11.9 Å². The molecule has 1 atom stereocenters. The lowest BCUT2D eigenvalue weighted by Crippen LogP contribution is -2.47. The molecule has 0 radical (unpaired) electrons. The summed E-state index contributed by atoms with van der Waals surface area (Å²) in [5.74, 6) is -0.775. The van der Waals surface area contributed by atoms with Crippen LogP contribution in [0.15, 0.2) is 58.9 Å². The van der Waals surface area contributed by atoms with Crippen LogP contribution in [-0.4, -0.2) is 65.0 Å². The molecule has 0 saturated carbocycles. The van der Waals surface area contributed by atoms with Gasteiger partial charge in [0, 0.05) is 29.4 Å². The molecule has 1 unspecified atom stereocenters. The molecule has 17 heteroatoms. The van der Waals surface area contributed by atoms with Gasteiger partial charge in [0.05, 0.1) is 11.3 Å². The minimum atomic E-state index is -0.834. The third kappa shape index (κ3) is 21.4. The van der Waals surface area contributed by atoms with Gasteiger partial charge in [-0.2, -0.15) is 19.2 Å². The van der Waals surface area contributed by atoms with E-state index in [1.54, 1.807) is 71.1 Å². The number of ether oxygens (including phenoxy) is 3. The maximum Gasteiger partial charge on any atom is 0.414 e. The Morgan fingerprint density at radius 2 is 1.30 bits per heavy atom. The number of alkyl carbamates (subject to hydrolysis) is 2. The van der Waals surface area contributed by atoms with Crippen molar-refractivity contribution in [2.75, 3.05) is 6.54 Å². The predicted molar refractivity (Wildman–Crippen MR) is 230 cm³/mol. The molecular weight excluding hydrogens is 828 g/mol. The minimum Gasteiger partial charge on any atom is -0.444 e. The molecule has 1 aromatic heterocycles. The van der Waals surface area contributed by atoms with Crippen LogP contribution in [0.4, 0.5) is 15.3 Å². The number of nitrogens with one attached hydrogen (secondary N) is 2. The second-order valence-electron chi connectivity index (χ2n) is 18.0. The van der Waals surface area contributed by atoms with Gasteiger partial charge >= 0.3 is 30.5 Å². The molecule has 332 valence electrons. The van der Waals surface area contributed by atoms with E-state index in [0.29, 0.717) is 23.8 Å². The fourth-order valence-electron chi connectivity index (χ4n) is 5.20. The monoisotopic (exact) mass is 884 g/mol. The molecule has 61 heavy (non-hydrogen) atoms. The molecule has 0 fully saturated rings. The number of esters is 1. The fourth-order valence-corrected chi connectivity index (χ4v) is 6.55. The highest BCUT2D eigenvalue weighted by Crippen LogP contribution is 2.33. The zero-order valence-electron chi connectivity index (χ0n) is 37.1. The van der Waals surface area contributed by atoms with Crippen LogP contribution in [0.1, 0.15) is 129 Å². The van der Waals surface area contributed by atoms with Gasteiger partial charge in [0.15, 0.2) is 0 Å². The Kier molecular flexibility index (Phi) is 20.4. The molecule has 3 amide bonds. The van der Waals surface area contributed by atoms with Gasteiger partial charge in [0.1, 0.15) is 17.0 Å². The van der Waals surface area contributed by atoms with Crippen LogP contribution in [0, 0.1) is 5.41 Å². The summed E-state index contributed by atoms with van der Waals surface area (Å²) in [5.41, 5.74) is 0.806. The highest BCUT2D eigenvalue weighted by atomic mass is 35.5. The van der Waals surface area contributed by atoms with Crippen molar-refractivity contribution < 1.29 is 52.6 Å². The van der Waals surface area contributed by atoms with Crippen molar-refractivity contribution in [2.45, 2.75) is 126 Å². The summed E-state index contributed by atoms with van der Waals surface area (Å²) >= 11 is 8.43. The predicted octanol–water partition coefficient (Wildman–Crippen LogP) is 9.36. The van der Waals surface area contributed by atoms with Crippen LogP contribution >= 0.6 is 22.9 Å². The topological polar surface area (TPSA) is 204 Å². The molecule has 0 aliphatic rings. The van der Waals surface area contributed by atoms with Crippen molar-refractivity contribution in [3.8, 4) is 5.75 Å². The maximum atomic E-state index is 13.7. The first kappa shape index (κ1) is 53.4. The number of carbonyl (C=O) groups is 4. The number of amides is 3. The number of nitrogens with zero attached hydrogens (tertiary/aromatic N) is 2. The van der Waals surface area contributed by atoms with E-state index in [-0.39, 0.29) is 58.7 Å². The molecule has 0 saturated heterocycles. The maximum absolute atomic E-state index is 13.7. The summed E-state index contributed by atoms with van der Waals surface area (Å²) in [7, 11) is 0. The number of hydrogen-bond acceptors (Lipinski definition) is 13. The van der Waals surface area contributed by atoms with Crippen molar-refractivity contribution in [3.05, 3.63) is 80.5 Å². The Morgan fingerprint density at radius 1 is 0.787 bits per heavy atom. The normalized spacial score (nSPS) is 11.6. The van der Waals surface area contributed by atoms with E-state index in [4.69, 9.17) is 45.0 Å². The summed E-state index contributed by atoms with van der Waals surface area (Å²) in [4.78, 5) is 91.7. The third-order valence-electron chi connectivity index (χ3n) is 7.56. The molecule has 0 spiro atoms. The van der Waals surface area contributed by atoms with E-state index in [1.165, 1.54) is 29.1 Å². The number of guanidine groups is 1. The van der Waals surface area contributed by atoms with E-state index in [0.717, 1.165) is 11.1 Å². The van der Waals surface area contributed by atoms with E-state index in [2.05, 4.69) is 68.6 Å². The van der Waals surface area contributed by atoms with Crippen LogP contribution in [0.3, 0.4) is 0 Å². The van der Waals surface area contributed by atoms with E-state index >= 15 is 0 Å². The molecule has 3 rings (SSSR count). The Balaban J connectivity index is 0.00000292. The molecule has 3 aromatic rings. The number of thiophene rings is 1. The zero-order valence-corrected chi connectivity index (χ0v) is 38.6. The fraction of sp³-hybridized carbons (Fsp3) is 0.477. The summed E-state index contributed by atoms with van der Waals surface area (Å²) in [6.07, 6.45) is -0.901. The summed E-state index contributed by atoms with van der Waals surface area (Å²) < 4.78 is 16.2. The minimum absolute atomic E-state index is 0.0404. The van der Waals surface area contributed by atoms with Crippen molar-refractivity contribution in [1.82, 2.24) is 15.5 Å². The van der Waals surface area contributed by atoms with Gasteiger partial charge in [-0.1, -0.05) is 66.1 Å². The lowest BCUT2D eigenvalue weighted by Gasteiger charge is -2.31. The van der Waals surface area contributed by atoms with Crippen LogP contribution in [0.25, 0.3) is 0 Å². The first-order valence-corrected chi connectivity index (χ1v) is 20.3. The first-order valence-electron chi connectivity index (χ1n) is 19.1. The van der Waals surface area contributed by atoms with Gasteiger partial charge in [-0.3, -0.25) is 15.4 Å². The Bertz CT molecular complexity index is 2010. The van der Waals surface area contributed by atoms with Gasteiger partial charge in [-0.15, -0.1) is 11.3 Å². The Morgan fingerprint density at radius 3 is 1.72 bits per heavy atom. The van der Waals surface area contributed by atoms with Crippen LogP contribution < -0.4 is 15.4 Å². The Labute approximate surface area is 366 Å². The molecular formula is C44H57ClN4O11S. The van der Waals surface area contributed by atoms with Gasteiger partial charge < -0.3 is 19.1 Å². The van der Waals surface area contributed by atoms with E-state index < -0.39 is 29.4 Å². The molecule has 15 nitrogen and oxygen atoms in total. The lowest BCUT2D eigenvalue weighted by atomic mass is 9.93. The van der Waals surface area contributed by atoms with E-state index in [1.807, 2.05) is 11.8 Å². The SMILES string of the molecule is CC(CC(=O)N(Cc1csc(C(C)(C)C)c1)CC(C)(C)C)c1ccc(OC(=O)c2ccc(N=C(NC(=O)OC(C)(C)C)NC(=O)OC(C)(C)C)cc2)cc1Cl.O=C=O.O=C=O. The van der Waals surface area contributed by atoms with Gasteiger partial charge in [-0.25, -0.2) is 19.4 Å². The number of rotatable bonds is 9. The Hall–Kier alpha value is -5.66. The molecule has 0 aliphatic heterocycles. The number of halogens is 1. The van der Waals surface area contributed by atoms with Crippen molar-refractivity contribution in [3.63, 3.8) is 0 Å². The quantitative estimate of drug-likeness (QED) is 0.0897. The van der Waals surface area contributed by atoms with Gasteiger partial charge in [0.25, 0.3) is 0 Å². The van der Waals surface area contributed by atoms with Crippen molar-refractivity contribution >= 4 is 71.0 Å². The smallest absolute Gasteiger partial charge is 0.414 e. The zero-order chi connectivity index (χ0) is 46.9. The number of benzene rings is 2. The van der Waals surface area contributed by atoms with Crippen LogP contribution in [0.2, 0.25) is 5.02 Å². The summed E-state index contributed by atoms with van der Waals surface area (Å²) in [6, 6.07) is 13.2. The average molecular weight is 885 g/mol. The number of aliphatic imine (C=N–C) groups is 1. The first-order chi connectivity index (χ1) is 28.0. The number of carbonyl (C=O) groups excluding carboxylic acids is 8. The standard InChI is InChI=1S/C42H57ClN4O7S.2CO2/c1-26(20-34(48)47(25-39(2,3)4)23-27-21-33(55-24-27)40(5,6)7)31-19-18-30(22-32(31)43)52-35(49)28-14-16-29(17-15-28)44-36(45-37(50)53-41(8,9)10)46-38(51)54-42(11,12)13;2*2-1-3/h14-19,21-22,24,26H,20,23,25H2,1-13H3,(H2,44,45,46,50,51);;. The molecule has 2 N–H and O–H groups in total. The van der Waals surface area contributed by atoms with Crippen molar-refractivity contribution in [2.24, 2.45) is 10.4 Å². The average Bonchev–Trinajstić information content (AvgIpc) is 3.56. The van der Waals surface area contributed by atoms with Crippen molar-refractivity contribution in [1.29, 1.82) is 0 Å². The number of hydrogen-bond donors (Lipinski definition) is 2. The molecule has 1 heterocycles. The van der Waals surface area contributed by atoms with Gasteiger partial charge in [-0.05, 0) is 117 Å². The highest BCUT2D eigenvalue weighted by molar-refractivity contribution is 7.10. The van der Waals surface area contributed by atoms with E-state index in [9.17, 15) is 19.2 Å². The second-order valence-corrected chi connectivity index (χ2v) is 19.3. The third-order valence-corrected chi connectivity index (χ3v) is 9.29. The molecule has 2 aromatic carbocycles. The lowest BCUT2D eigenvalue weighted by molar-refractivity contribution is -0.193. The summed E-state index contributed by atoms with van der Waals surface area (Å²) in [6.45, 7) is 26.3. The van der Waals surface area contributed by atoms with Crippen LogP contribution in [0.5, 0.6) is 5.75 Å². The molecule has 0 aliphatic carbocycles. The summed E-state index contributed by atoms with van der Waals surface area (Å²) in [5, 5.41) is 7.36. The second kappa shape index (κ2) is 23.4. The molecule has 0 bridgehead atoms. The van der Waals surface area contributed by atoms with Crippen LogP contribution in [-0.2, 0) is 45.4 Å².